The summed E-state index contributed by atoms with van der Waals surface area (Å²) in [6, 6.07) is 25.2. The first-order valence-corrected chi connectivity index (χ1v) is 12.3. The van der Waals surface area contributed by atoms with E-state index in [2.05, 4.69) is 72.0 Å². The van der Waals surface area contributed by atoms with Crippen molar-refractivity contribution in [2.75, 3.05) is 0 Å². The molecular formula is C30H29N3O. The normalized spacial score (nSPS) is 23.9. The number of ketones is 1. The Balaban J connectivity index is 1.52. The first-order chi connectivity index (χ1) is 16.6. The van der Waals surface area contributed by atoms with Crippen molar-refractivity contribution in [1.82, 2.24) is 14.8 Å². The number of hydrogen-bond donors (Lipinski definition) is 0. The first kappa shape index (κ1) is 21.0. The predicted octanol–water partition coefficient (Wildman–Crippen LogP) is 6.42. The number of Topliss-reactive ketones (excluding diaryl/α,β-unsaturated/α-hetero) is 1. The first-order valence-electron chi connectivity index (χ1n) is 12.3. The van der Waals surface area contributed by atoms with Crippen LogP contribution in [-0.4, -0.2) is 20.5 Å². The molecule has 4 aromatic rings. The van der Waals surface area contributed by atoms with E-state index in [0.717, 1.165) is 36.3 Å². The van der Waals surface area contributed by atoms with E-state index in [1.165, 1.54) is 22.4 Å². The number of fused-ring (bicyclic) bond motifs is 3. The van der Waals surface area contributed by atoms with E-state index in [0.29, 0.717) is 18.1 Å². The number of rotatable bonds is 3. The molecule has 0 spiro atoms. The van der Waals surface area contributed by atoms with Gasteiger partial charge in [-0.3, -0.25) is 9.78 Å². The minimum Gasteiger partial charge on any atom is -0.299 e. The fourth-order valence-corrected chi connectivity index (χ4v) is 6.33. The van der Waals surface area contributed by atoms with Gasteiger partial charge < -0.3 is 0 Å². The number of nitrogens with zero attached hydrogens (tertiary/aromatic N) is 3. The van der Waals surface area contributed by atoms with Crippen LogP contribution in [0.15, 0.2) is 79.0 Å². The third-order valence-electron chi connectivity index (χ3n) is 8.18. The average Bonchev–Trinajstić information content (AvgIpc) is 3.29. The molecule has 34 heavy (non-hydrogen) atoms. The van der Waals surface area contributed by atoms with Gasteiger partial charge in [-0.25, -0.2) is 4.68 Å². The largest absolute Gasteiger partial charge is 0.299 e. The zero-order valence-corrected chi connectivity index (χ0v) is 19.7. The molecule has 4 heteroatoms. The highest BCUT2D eigenvalue weighted by atomic mass is 16.1. The van der Waals surface area contributed by atoms with Gasteiger partial charge in [0.25, 0.3) is 0 Å². The fourth-order valence-electron chi connectivity index (χ4n) is 6.33. The highest BCUT2D eigenvalue weighted by Crippen LogP contribution is 2.53. The SMILES string of the molecule is C[C@H]1C(=O)CC[C@@]2(C)c3c(c(-c4ccccn4)nn3-c3ccc(-c4ccccc4)cc3)CC[C@H]12. The maximum Gasteiger partial charge on any atom is 0.136 e. The Bertz CT molecular complexity index is 1340. The van der Waals surface area contributed by atoms with Gasteiger partial charge >= 0.3 is 0 Å². The van der Waals surface area contributed by atoms with Crippen LogP contribution < -0.4 is 0 Å². The van der Waals surface area contributed by atoms with Crippen LogP contribution in [0.3, 0.4) is 0 Å². The standard InChI is InChI=1S/C30H29N3O/c1-20-25-16-15-24-28(26-10-6-7-19-31-26)32-33(29(24)30(25,2)18-17-27(20)34)23-13-11-22(12-14-23)21-8-4-3-5-9-21/h3-14,19-20,25H,15-18H2,1-2H3/t20-,25-,30-/m1/s1. The van der Waals surface area contributed by atoms with Crippen LogP contribution in [0.5, 0.6) is 0 Å². The summed E-state index contributed by atoms with van der Waals surface area (Å²) in [7, 11) is 0. The van der Waals surface area contributed by atoms with Gasteiger partial charge in [0.1, 0.15) is 11.5 Å². The Morgan fingerprint density at radius 1 is 0.912 bits per heavy atom. The molecule has 0 N–H and O–H groups in total. The molecule has 2 heterocycles. The van der Waals surface area contributed by atoms with E-state index < -0.39 is 0 Å². The van der Waals surface area contributed by atoms with Crippen molar-refractivity contribution in [3.8, 4) is 28.2 Å². The zero-order chi connectivity index (χ0) is 23.3. The molecule has 1 saturated carbocycles. The molecule has 170 valence electrons. The van der Waals surface area contributed by atoms with Crippen LogP contribution in [0, 0.1) is 11.8 Å². The molecule has 0 aliphatic heterocycles. The van der Waals surface area contributed by atoms with Crippen LogP contribution in [0.4, 0.5) is 0 Å². The topological polar surface area (TPSA) is 47.8 Å². The van der Waals surface area contributed by atoms with Crippen LogP contribution in [0.2, 0.25) is 0 Å². The van der Waals surface area contributed by atoms with Crippen LogP contribution in [0.25, 0.3) is 28.2 Å². The number of benzene rings is 2. The smallest absolute Gasteiger partial charge is 0.136 e. The predicted molar refractivity (Wildman–Crippen MR) is 135 cm³/mol. The summed E-state index contributed by atoms with van der Waals surface area (Å²) in [4.78, 5) is 17.3. The lowest BCUT2D eigenvalue weighted by Gasteiger charge is -2.48. The summed E-state index contributed by atoms with van der Waals surface area (Å²) in [5, 5.41) is 5.18. The molecule has 0 saturated heterocycles. The zero-order valence-electron chi connectivity index (χ0n) is 19.7. The summed E-state index contributed by atoms with van der Waals surface area (Å²) >= 11 is 0. The Hall–Kier alpha value is -3.53. The summed E-state index contributed by atoms with van der Waals surface area (Å²) in [6.07, 6.45) is 5.31. The van der Waals surface area contributed by atoms with Crippen LogP contribution >= 0.6 is 0 Å². The third-order valence-corrected chi connectivity index (χ3v) is 8.18. The number of pyridine rings is 1. The van der Waals surface area contributed by atoms with Crippen molar-refractivity contribution in [1.29, 1.82) is 0 Å². The van der Waals surface area contributed by atoms with Gasteiger partial charge in [0.15, 0.2) is 0 Å². The van der Waals surface area contributed by atoms with E-state index in [9.17, 15) is 4.79 Å². The molecule has 2 aliphatic rings. The maximum absolute atomic E-state index is 12.6. The Kier molecular flexibility index (Phi) is 4.98. The van der Waals surface area contributed by atoms with Gasteiger partial charge in [-0.1, -0.05) is 62.4 Å². The monoisotopic (exact) mass is 447 g/mol. The number of hydrogen-bond acceptors (Lipinski definition) is 3. The second-order valence-electron chi connectivity index (χ2n) is 10.0. The van der Waals surface area contributed by atoms with Gasteiger partial charge in [-0.15, -0.1) is 0 Å². The lowest BCUT2D eigenvalue weighted by molar-refractivity contribution is -0.128. The third kappa shape index (κ3) is 3.24. The maximum atomic E-state index is 12.6. The summed E-state index contributed by atoms with van der Waals surface area (Å²) < 4.78 is 2.16. The number of aromatic nitrogens is 3. The van der Waals surface area contributed by atoms with E-state index in [4.69, 9.17) is 5.10 Å². The highest BCUT2D eigenvalue weighted by Gasteiger charge is 2.50. The lowest BCUT2D eigenvalue weighted by Crippen LogP contribution is -2.47. The summed E-state index contributed by atoms with van der Waals surface area (Å²) in [6.45, 7) is 4.49. The summed E-state index contributed by atoms with van der Waals surface area (Å²) in [5.74, 6) is 0.847. The van der Waals surface area contributed by atoms with Crippen LogP contribution in [0.1, 0.15) is 44.4 Å². The number of carbonyl (C=O) groups excluding carboxylic acids is 1. The van der Waals surface area contributed by atoms with Gasteiger partial charge in [-0.2, -0.15) is 5.10 Å². The Labute approximate surface area is 200 Å². The molecule has 4 nitrogen and oxygen atoms in total. The highest BCUT2D eigenvalue weighted by molar-refractivity contribution is 5.82. The van der Waals surface area contributed by atoms with E-state index >= 15 is 0 Å². The molecule has 1 fully saturated rings. The quantitative estimate of drug-likeness (QED) is 0.364. The van der Waals surface area contributed by atoms with Gasteiger partial charge in [0, 0.05) is 29.5 Å². The van der Waals surface area contributed by atoms with Crippen molar-refractivity contribution in [2.24, 2.45) is 11.8 Å². The van der Waals surface area contributed by atoms with E-state index in [1.54, 1.807) is 0 Å². The lowest BCUT2D eigenvalue weighted by atomic mass is 9.56. The second kappa shape index (κ2) is 8.05. The molecule has 2 aromatic carbocycles. The molecule has 0 amide bonds. The van der Waals surface area contributed by atoms with Crippen LogP contribution in [-0.2, 0) is 16.6 Å². The van der Waals surface area contributed by atoms with E-state index in [1.807, 2.05) is 30.5 Å². The molecular weight excluding hydrogens is 418 g/mol. The van der Waals surface area contributed by atoms with Crippen molar-refractivity contribution < 1.29 is 4.79 Å². The minimum atomic E-state index is -0.0843. The van der Waals surface area contributed by atoms with Crippen molar-refractivity contribution in [2.45, 2.75) is 44.9 Å². The summed E-state index contributed by atoms with van der Waals surface area (Å²) in [5.41, 5.74) is 7.84. The van der Waals surface area contributed by atoms with Gasteiger partial charge in [0.2, 0.25) is 0 Å². The molecule has 0 unspecified atom stereocenters. The fraction of sp³-hybridized carbons (Fsp3) is 0.300. The number of carbonyl (C=O) groups is 1. The minimum absolute atomic E-state index is 0.0843. The van der Waals surface area contributed by atoms with Crippen molar-refractivity contribution in [3.05, 3.63) is 90.3 Å². The average molecular weight is 448 g/mol. The molecule has 0 radical (unpaired) electrons. The van der Waals surface area contributed by atoms with Crippen molar-refractivity contribution in [3.63, 3.8) is 0 Å². The van der Waals surface area contributed by atoms with Gasteiger partial charge in [-0.05, 0) is 60.6 Å². The molecule has 2 aliphatic carbocycles. The Morgan fingerprint density at radius 2 is 1.65 bits per heavy atom. The van der Waals surface area contributed by atoms with Gasteiger partial charge in [0.05, 0.1) is 17.1 Å². The second-order valence-corrected chi connectivity index (χ2v) is 10.0. The molecule has 2 aromatic heterocycles. The van der Waals surface area contributed by atoms with E-state index in [-0.39, 0.29) is 11.3 Å². The molecule has 0 bridgehead atoms. The molecule has 3 atom stereocenters. The Morgan fingerprint density at radius 3 is 2.38 bits per heavy atom. The molecule has 6 rings (SSSR count). The van der Waals surface area contributed by atoms with Crippen molar-refractivity contribution >= 4 is 5.78 Å².